The van der Waals surface area contributed by atoms with Gasteiger partial charge >= 0.3 is 5.97 Å². The van der Waals surface area contributed by atoms with E-state index < -0.39 is 21.1 Å². The Balaban J connectivity index is 2.67. The Morgan fingerprint density at radius 1 is 1.43 bits per heavy atom. The smallest absolute Gasteiger partial charge is 0.330 e. The van der Waals surface area contributed by atoms with Gasteiger partial charge in [0, 0.05) is 6.08 Å². The number of hydrogen-bond acceptors (Lipinski definition) is 4. The number of esters is 1. The summed E-state index contributed by atoms with van der Waals surface area (Å²) in [5.41, 5.74) is 0. The number of sulfone groups is 1. The minimum absolute atomic E-state index is 0.225. The predicted molar refractivity (Wildman–Crippen MR) is 52.6 cm³/mol. The van der Waals surface area contributed by atoms with Crippen LogP contribution < -0.4 is 0 Å². The molecule has 0 aliphatic carbocycles. The summed E-state index contributed by atoms with van der Waals surface area (Å²) >= 11 is 0. The largest absolute Gasteiger partial charge is 0.466 e. The quantitative estimate of drug-likeness (QED) is 0.505. The molecule has 0 amide bonds. The van der Waals surface area contributed by atoms with E-state index in [1.807, 2.05) is 0 Å². The van der Waals surface area contributed by atoms with Crippen molar-refractivity contribution < 1.29 is 17.9 Å². The lowest BCUT2D eigenvalue weighted by Gasteiger charge is -2.18. The van der Waals surface area contributed by atoms with Crippen LogP contribution in [0.3, 0.4) is 0 Å². The molecule has 1 fully saturated rings. The first-order valence-corrected chi connectivity index (χ1v) is 6.25. The summed E-state index contributed by atoms with van der Waals surface area (Å²) in [4.78, 5) is 10.8. The first kappa shape index (κ1) is 11.2. The molecule has 14 heavy (non-hydrogen) atoms. The van der Waals surface area contributed by atoms with Crippen molar-refractivity contribution in [2.75, 3.05) is 12.9 Å². The molecule has 5 heteroatoms. The van der Waals surface area contributed by atoms with Gasteiger partial charge in [0.1, 0.15) is 0 Å². The molecule has 0 radical (unpaired) electrons. The molecule has 4 nitrogen and oxygen atoms in total. The Morgan fingerprint density at radius 2 is 2.14 bits per heavy atom. The molecule has 0 aromatic carbocycles. The third-order valence-electron chi connectivity index (χ3n) is 2.28. The van der Waals surface area contributed by atoms with Crippen molar-refractivity contribution in [3.05, 3.63) is 12.2 Å². The van der Waals surface area contributed by atoms with Gasteiger partial charge in [0.05, 0.1) is 18.1 Å². The van der Waals surface area contributed by atoms with E-state index in [4.69, 9.17) is 0 Å². The molecular formula is C9H14O4S. The Morgan fingerprint density at radius 3 is 2.71 bits per heavy atom. The van der Waals surface area contributed by atoms with Crippen LogP contribution in [-0.2, 0) is 19.4 Å². The van der Waals surface area contributed by atoms with Crippen molar-refractivity contribution in [1.29, 1.82) is 0 Å². The maximum absolute atomic E-state index is 11.5. The lowest BCUT2D eigenvalue weighted by atomic mass is 10.2. The molecule has 0 aromatic heterocycles. The van der Waals surface area contributed by atoms with Gasteiger partial charge in [-0.2, -0.15) is 0 Å². The highest BCUT2D eigenvalue weighted by Gasteiger charge is 2.26. The predicted octanol–water partition coefficient (Wildman–Crippen LogP) is 0.683. The van der Waals surface area contributed by atoms with Crippen LogP contribution in [0.2, 0.25) is 0 Å². The average Bonchev–Trinajstić information content (AvgIpc) is 2.15. The van der Waals surface area contributed by atoms with E-state index in [0.717, 1.165) is 12.8 Å². The van der Waals surface area contributed by atoms with Crippen LogP contribution in [-0.4, -0.2) is 32.5 Å². The zero-order valence-electron chi connectivity index (χ0n) is 8.10. The van der Waals surface area contributed by atoms with Crippen molar-refractivity contribution in [2.45, 2.75) is 24.5 Å². The molecule has 1 atom stereocenters. The molecule has 80 valence electrons. The molecule has 0 aromatic rings. The van der Waals surface area contributed by atoms with E-state index >= 15 is 0 Å². The number of rotatable bonds is 2. The van der Waals surface area contributed by atoms with Gasteiger partial charge in [0.2, 0.25) is 0 Å². The Labute approximate surface area is 83.9 Å². The highest BCUT2D eigenvalue weighted by atomic mass is 32.2. The van der Waals surface area contributed by atoms with E-state index in [1.54, 1.807) is 0 Å². The number of carbonyl (C=O) groups is 1. The minimum atomic E-state index is -3.02. The van der Waals surface area contributed by atoms with Crippen molar-refractivity contribution >= 4 is 15.8 Å². The second-order valence-corrected chi connectivity index (χ2v) is 5.62. The molecular weight excluding hydrogens is 204 g/mol. The van der Waals surface area contributed by atoms with Crippen LogP contribution in [0.4, 0.5) is 0 Å². The third kappa shape index (κ3) is 2.83. The van der Waals surface area contributed by atoms with Crippen LogP contribution in [0.5, 0.6) is 0 Å². The van der Waals surface area contributed by atoms with Gasteiger partial charge in [-0.15, -0.1) is 0 Å². The highest BCUT2D eigenvalue weighted by molar-refractivity contribution is 7.92. The van der Waals surface area contributed by atoms with Gasteiger partial charge in [-0.25, -0.2) is 13.2 Å². The molecule has 1 saturated heterocycles. The maximum atomic E-state index is 11.5. The molecule has 1 aliphatic rings. The summed E-state index contributed by atoms with van der Waals surface area (Å²) in [6.45, 7) is 0. The number of methoxy groups -OCH3 is 1. The SMILES string of the molecule is COC(=O)/C=C\C1CCCCS1(=O)=O. The van der Waals surface area contributed by atoms with Crippen LogP contribution in [0, 0.1) is 0 Å². The molecule has 0 N–H and O–H groups in total. The average molecular weight is 218 g/mol. The highest BCUT2D eigenvalue weighted by Crippen LogP contribution is 2.20. The molecule has 0 spiro atoms. The first-order valence-electron chi connectivity index (χ1n) is 4.54. The number of hydrogen-bond donors (Lipinski definition) is 0. The van der Waals surface area contributed by atoms with Crippen molar-refractivity contribution in [2.24, 2.45) is 0 Å². The summed E-state index contributed by atoms with van der Waals surface area (Å²) in [6, 6.07) is 0. The van der Waals surface area contributed by atoms with E-state index in [2.05, 4.69) is 4.74 Å². The van der Waals surface area contributed by atoms with E-state index in [1.165, 1.54) is 19.3 Å². The van der Waals surface area contributed by atoms with Gasteiger partial charge in [0.15, 0.2) is 9.84 Å². The summed E-state index contributed by atoms with van der Waals surface area (Å²) < 4.78 is 27.3. The fourth-order valence-corrected chi connectivity index (χ4v) is 3.20. The molecule has 1 aliphatic heterocycles. The lowest BCUT2D eigenvalue weighted by Crippen LogP contribution is -2.26. The minimum Gasteiger partial charge on any atom is -0.466 e. The molecule has 1 heterocycles. The maximum Gasteiger partial charge on any atom is 0.330 e. The number of ether oxygens (including phenoxy) is 1. The van der Waals surface area contributed by atoms with E-state index in [9.17, 15) is 13.2 Å². The standard InChI is InChI=1S/C9H14O4S/c1-13-9(10)6-5-8-4-2-3-7-14(8,11)12/h5-6,8H,2-4,7H2,1H3/b6-5-. The topological polar surface area (TPSA) is 60.4 Å². The van der Waals surface area contributed by atoms with Crippen molar-refractivity contribution in [3.63, 3.8) is 0 Å². The molecule has 1 rings (SSSR count). The first-order chi connectivity index (χ1) is 6.56. The second-order valence-electron chi connectivity index (χ2n) is 3.28. The Bertz CT molecular complexity index is 329. The van der Waals surface area contributed by atoms with Crippen LogP contribution in [0.15, 0.2) is 12.2 Å². The van der Waals surface area contributed by atoms with Gasteiger partial charge < -0.3 is 4.74 Å². The van der Waals surface area contributed by atoms with Gasteiger partial charge in [-0.05, 0) is 12.8 Å². The summed E-state index contributed by atoms with van der Waals surface area (Å²) in [7, 11) is -1.76. The van der Waals surface area contributed by atoms with E-state index in [0.29, 0.717) is 6.42 Å². The van der Waals surface area contributed by atoms with E-state index in [-0.39, 0.29) is 5.75 Å². The zero-order chi connectivity index (χ0) is 10.6. The zero-order valence-corrected chi connectivity index (χ0v) is 8.92. The fraction of sp³-hybridized carbons (Fsp3) is 0.667. The second kappa shape index (κ2) is 4.59. The molecule has 1 unspecified atom stereocenters. The fourth-order valence-electron chi connectivity index (χ4n) is 1.45. The Kier molecular flexibility index (Phi) is 3.69. The monoisotopic (exact) mass is 218 g/mol. The van der Waals surface area contributed by atoms with Crippen LogP contribution in [0.1, 0.15) is 19.3 Å². The van der Waals surface area contributed by atoms with Gasteiger partial charge in [0.25, 0.3) is 0 Å². The summed E-state index contributed by atoms with van der Waals surface area (Å²) in [5, 5.41) is -0.504. The third-order valence-corrected chi connectivity index (χ3v) is 4.45. The summed E-state index contributed by atoms with van der Waals surface area (Å²) in [5.74, 6) is -0.283. The van der Waals surface area contributed by atoms with Crippen LogP contribution in [0.25, 0.3) is 0 Å². The van der Waals surface area contributed by atoms with Crippen molar-refractivity contribution in [3.8, 4) is 0 Å². The summed E-state index contributed by atoms with van der Waals surface area (Å²) in [6.07, 6.45) is 4.85. The Hall–Kier alpha value is -0.840. The molecule has 0 saturated carbocycles. The number of carbonyl (C=O) groups excluding carboxylic acids is 1. The molecule has 0 bridgehead atoms. The van der Waals surface area contributed by atoms with Crippen molar-refractivity contribution in [1.82, 2.24) is 0 Å². The normalized spacial score (nSPS) is 26.2. The van der Waals surface area contributed by atoms with Crippen LogP contribution >= 0.6 is 0 Å². The van der Waals surface area contributed by atoms with Gasteiger partial charge in [-0.1, -0.05) is 12.5 Å². The lowest BCUT2D eigenvalue weighted by molar-refractivity contribution is -0.134. The van der Waals surface area contributed by atoms with Gasteiger partial charge in [-0.3, -0.25) is 0 Å².